The van der Waals surface area contributed by atoms with E-state index in [0.29, 0.717) is 17.9 Å². The maximum Gasteiger partial charge on any atom is 0.337 e. The highest BCUT2D eigenvalue weighted by Crippen LogP contribution is 2.33. The van der Waals surface area contributed by atoms with Crippen molar-refractivity contribution in [2.75, 3.05) is 31.3 Å². The topological polar surface area (TPSA) is 111 Å². The Labute approximate surface area is 198 Å². The molecule has 0 unspecified atom stereocenters. The molecule has 1 amide bonds. The van der Waals surface area contributed by atoms with Crippen LogP contribution < -0.4 is 10.2 Å². The zero-order chi connectivity index (χ0) is 24.8. The second-order valence-corrected chi connectivity index (χ2v) is 7.96. The minimum atomic E-state index is -1.37. The summed E-state index contributed by atoms with van der Waals surface area (Å²) in [6, 6.07) is 7.59. The first-order valence-corrected chi connectivity index (χ1v) is 11.4. The minimum Gasteiger partial charge on any atom is -0.463 e. The van der Waals surface area contributed by atoms with Gasteiger partial charge >= 0.3 is 17.9 Å². The van der Waals surface area contributed by atoms with Gasteiger partial charge in [0.05, 0.1) is 24.4 Å². The van der Waals surface area contributed by atoms with Crippen molar-refractivity contribution in [3.8, 4) is 0 Å². The Hall–Kier alpha value is -3.62. The standard InChI is InChI=1S/C25H30N2O7/c1-5-32-23(29)20-15(3)26-16(4)21(24(30)33-6-2)22(20)25(31)34-14-19(28)27-13-9-11-17-10-7-8-12-18(17)27/h7-8,10,12,22,26H,5-6,9,11,13-14H2,1-4H3. The molecule has 1 aromatic rings. The molecule has 2 aliphatic rings. The summed E-state index contributed by atoms with van der Waals surface area (Å²) >= 11 is 0. The highest BCUT2D eigenvalue weighted by atomic mass is 16.5. The number of carbonyl (C=O) groups excluding carboxylic acids is 4. The van der Waals surface area contributed by atoms with Crippen LogP contribution in [0, 0.1) is 5.92 Å². The monoisotopic (exact) mass is 470 g/mol. The number of fused-ring (bicyclic) bond motifs is 1. The molecule has 0 aliphatic carbocycles. The number of allylic oxidation sites excluding steroid dienone is 2. The number of para-hydroxylation sites is 1. The average molecular weight is 471 g/mol. The van der Waals surface area contributed by atoms with E-state index in [1.807, 2.05) is 24.3 Å². The predicted molar refractivity (Wildman–Crippen MR) is 123 cm³/mol. The van der Waals surface area contributed by atoms with E-state index in [0.717, 1.165) is 24.1 Å². The molecule has 182 valence electrons. The smallest absolute Gasteiger partial charge is 0.337 e. The fourth-order valence-corrected chi connectivity index (χ4v) is 4.28. The van der Waals surface area contributed by atoms with Crippen LogP contribution >= 0.6 is 0 Å². The SMILES string of the molecule is CCOC(=O)C1=C(C)NC(C)=C(C(=O)OCC)C1C(=O)OCC(=O)N1CCCc2ccccc21. The van der Waals surface area contributed by atoms with Crippen LogP contribution in [0.1, 0.15) is 39.7 Å². The number of amides is 1. The van der Waals surface area contributed by atoms with Gasteiger partial charge in [0, 0.05) is 23.6 Å². The van der Waals surface area contributed by atoms with E-state index in [2.05, 4.69) is 5.32 Å². The summed E-state index contributed by atoms with van der Waals surface area (Å²) in [6.45, 7) is 6.65. The summed E-state index contributed by atoms with van der Waals surface area (Å²) in [5.74, 6) is -4.16. The molecule has 0 fully saturated rings. The summed E-state index contributed by atoms with van der Waals surface area (Å²) in [6.07, 6.45) is 1.67. The first-order chi connectivity index (χ1) is 16.3. The number of hydrogen-bond donors (Lipinski definition) is 1. The van der Waals surface area contributed by atoms with Gasteiger partial charge < -0.3 is 24.4 Å². The lowest BCUT2D eigenvalue weighted by molar-refractivity contribution is -0.153. The number of nitrogens with one attached hydrogen (secondary N) is 1. The van der Waals surface area contributed by atoms with Gasteiger partial charge in [0.25, 0.3) is 5.91 Å². The summed E-state index contributed by atoms with van der Waals surface area (Å²) < 4.78 is 15.6. The summed E-state index contributed by atoms with van der Waals surface area (Å²) in [7, 11) is 0. The maximum absolute atomic E-state index is 13.3. The number of carbonyl (C=O) groups is 4. The van der Waals surface area contributed by atoms with Crippen molar-refractivity contribution in [3.63, 3.8) is 0 Å². The Morgan fingerprint density at radius 3 is 2.12 bits per heavy atom. The lowest BCUT2D eigenvalue weighted by atomic mass is 9.85. The lowest BCUT2D eigenvalue weighted by Crippen LogP contribution is -2.41. The van der Waals surface area contributed by atoms with E-state index >= 15 is 0 Å². The normalized spacial score (nSPS) is 15.9. The average Bonchev–Trinajstić information content (AvgIpc) is 2.81. The number of aryl methyl sites for hydroxylation is 1. The van der Waals surface area contributed by atoms with Crippen LogP contribution in [-0.4, -0.2) is 50.2 Å². The molecular formula is C25H30N2O7. The quantitative estimate of drug-likeness (QED) is 0.478. The summed E-state index contributed by atoms with van der Waals surface area (Å²) in [4.78, 5) is 53.2. The number of dihydropyridines is 1. The van der Waals surface area contributed by atoms with Crippen molar-refractivity contribution in [1.29, 1.82) is 0 Å². The Morgan fingerprint density at radius 2 is 1.53 bits per heavy atom. The fourth-order valence-electron chi connectivity index (χ4n) is 4.28. The van der Waals surface area contributed by atoms with Crippen molar-refractivity contribution in [2.24, 2.45) is 5.92 Å². The van der Waals surface area contributed by atoms with Crippen LogP contribution in [0.15, 0.2) is 46.8 Å². The van der Waals surface area contributed by atoms with E-state index < -0.39 is 30.4 Å². The van der Waals surface area contributed by atoms with Gasteiger partial charge in [-0.3, -0.25) is 9.59 Å². The molecule has 1 N–H and O–H groups in total. The van der Waals surface area contributed by atoms with E-state index in [1.165, 1.54) is 0 Å². The lowest BCUT2D eigenvalue weighted by Gasteiger charge is -2.30. The van der Waals surface area contributed by atoms with Crippen LogP contribution in [0.2, 0.25) is 0 Å². The zero-order valence-corrected chi connectivity index (χ0v) is 19.9. The van der Waals surface area contributed by atoms with Crippen LogP contribution in [0.25, 0.3) is 0 Å². The fraction of sp³-hybridized carbons (Fsp3) is 0.440. The molecule has 0 atom stereocenters. The molecule has 0 aromatic heterocycles. The van der Waals surface area contributed by atoms with Crippen LogP contribution in [0.4, 0.5) is 5.69 Å². The largest absolute Gasteiger partial charge is 0.463 e. The van der Waals surface area contributed by atoms with Gasteiger partial charge in [-0.1, -0.05) is 18.2 Å². The maximum atomic E-state index is 13.3. The van der Waals surface area contributed by atoms with Crippen molar-refractivity contribution < 1.29 is 33.4 Å². The Bertz CT molecular complexity index is 1020. The van der Waals surface area contributed by atoms with Gasteiger partial charge in [-0.25, -0.2) is 9.59 Å². The molecule has 2 aliphatic heterocycles. The third-order valence-corrected chi connectivity index (χ3v) is 5.74. The number of benzene rings is 1. The number of rotatable bonds is 7. The molecule has 9 nitrogen and oxygen atoms in total. The molecule has 0 bridgehead atoms. The van der Waals surface area contributed by atoms with Crippen LogP contribution in [0.3, 0.4) is 0 Å². The van der Waals surface area contributed by atoms with Gasteiger partial charge in [-0.2, -0.15) is 0 Å². The van der Waals surface area contributed by atoms with Gasteiger partial charge in [0.2, 0.25) is 0 Å². The molecule has 0 saturated heterocycles. The van der Waals surface area contributed by atoms with Crippen LogP contribution in [-0.2, 0) is 39.8 Å². The molecule has 9 heteroatoms. The van der Waals surface area contributed by atoms with E-state index in [-0.39, 0.29) is 30.3 Å². The van der Waals surface area contributed by atoms with Gasteiger partial charge in [-0.05, 0) is 52.2 Å². The molecule has 1 aromatic carbocycles. The van der Waals surface area contributed by atoms with E-state index in [1.54, 1.807) is 32.6 Å². The number of hydrogen-bond acceptors (Lipinski definition) is 8. The Balaban J connectivity index is 1.85. The number of anilines is 1. The molecule has 3 rings (SSSR count). The molecule has 0 saturated carbocycles. The zero-order valence-electron chi connectivity index (χ0n) is 19.9. The molecule has 0 radical (unpaired) electrons. The third kappa shape index (κ3) is 5.13. The van der Waals surface area contributed by atoms with Gasteiger partial charge in [0.1, 0.15) is 5.92 Å². The highest BCUT2D eigenvalue weighted by Gasteiger charge is 2.42. The third-order valence-electron chi connectivity index (χ3n) is 5.74. The number of nitrogens with zero attached hydrogens (tertiary/aromatic N) is 1. The number of esters is 3. The Kier molecular flexibility index (Phi) is 8.09. The second kappa shape index (κ2) is 11.0. The molecule has 2 heterocycles. The predicted octanol–water partition coefficient (Wildman–Crippen LogP) is 2.40. The summed E-state index contributed by atoms with van der Waals surface area (Å²) in [5, 5.41) is 2.95. The molecule has 0 spiro atoms. The first-order valence-electron chi connectivity index (χ1n) is 11.4. The highest BCUT2D eigenvalue weighted by molar-refractivity contribution is 6.06. The molecular weight excluding hydrogens is 440 g/mol. The second-order valence-electron chi connectivity index (χ2n) is 7.96. The first kappa shape index (κ1) is 25.0. The van der Waals surface area contributed by atoms with Gasteiger partial charge in [-0.15, -0.1) is 0 Å². The van der Waals surface area contributed by atoms with Crippen molar-refractivity contribution in [2.45, 2.75) is 40.5 Å². The Morgan fingerprint density at radius 1 is 0.941 bits per heavy atom. The number of ether oxygens (including phenoxy) is 3. The van der Waals surface area contributed by atoms with Gasteiger partial charge in [0.15, 0.2) is 6.61 Å². The van der Waals surface area contributed by atoms with E-state index in [9.17, 15) is 19.2 Å². The van der Waals surface area contributed by atoms with Crippen molar-refractivity contribution >= 4 is 29.5 Å². The molecule has 34 heavy (non-hydrogen) atoms. The van der Waals surface area contributed by atoms with E-state index in [4.69, 9.17) is 14.2 Å². The summed E-state index contributed by atoms with van der Waals surface area (Å²) in [5.41, 5.74) is 2.48. The minimum absolute atomic E-state index is 0.0451. The van der Waals surface area contributed by atoms with Crippen molar-refractivity contribution in [1.82, 2.24) is 5.32 Å². The van der Waals surface area contributed by atoms with Crippen molar-refractivity contribution in [3.05, 3.63) is 52.4 Å². The van der Waals surface area contributed by atoms with Crippen LogP contribution in [0.5, 0.6) is 0 Å².